The number of aliphatic hydroxyl groups is 1. The van der Waals surface area contributed by atoms with Gasteiger partial charge in [0.25, 0.3) is 11.6 Å². The third kappa shape index (κ3) is 4.35. The Morgan fingerprint density at radius 3 is 2.45 bits per heavy atom. The van der Waals surface area contributed by atoms with E-state index in [2.05, 4.69) is 10.5 Å². The molecular weight excluding hydrogens is 426 g/mol. The van der Waals surface area contributed by atoms with Crippen molar-refractivity contribution in [2.45, 2.75) is 18.9 Å². The molecule has 4 rings (SSSR count). The first-order valence-corrected chi connectivity index (χ1v) is 10.0. The van der Waals surface area contributed by atoms with Crippen molar-refractivity contribution in [3.05, 3.63) is 110 Å². The van der Waals surface area contributed by atoms with E-state index in [4.69, 9.17) is 4.52 Å². The summed E-state index contributed by atoms with van der Waals surface area (Å²) in [6, 6.07) is 18.7. The Morgan fingerprint density at radius 2 is 1.79 bits per heavy atom. The molecule has 0 aliphatic carbocycles. The maximum absolute atomic E-state index is 13.4. The van der Waals surface area contributed by atoms with E-state index in [0.717, 1.165) is 0 Å². The van der Waals surface area contributed by atoms with Crippen molar-refractivity contribution in [3.63, 3.8) is 0 Å². The van der Waals surface area contributed by atoms with E-state index >= 15 is 0 Å². The van der Waals surface area contributed by atoms with Crippen molar-refractivity contribution in [2.75, 3.05) is 5.32 Å². The summed E-state index contributed by atoms with van der Waals surface area (Å²) in [6.07, 6.45) is -0.0603. The van der Waals surface area contributed by atoms with Crippen LogP contribution < -0.4 is 10.9 Å². The van der Waals surface area contributed by atoms with E-state index in [-0.39, 0.29) is 17.7 Å². The lowest BCUT2D eigenvalue weighted by atomic mass is 9.86. The van der Waals surface area contributed by atoms with Crippen LogP contribution in [0.3, 0.4) is 0 Å². The molecule has 0 spiro atoms. The third-order valence-corrected chi connectivity index (χ3v) is 5.39. The van der Waals surface area contributed by atoms with Crippen LogP contribution in [-0.2, 0) is 16.8 Å². The van der Waals surface area contributed by atoms with Crippen molar-refractivity contribution < 1.29 is 19.3 Å². The van der Waals surface area contributed by atoms with Crippen molar-refractivity contribution in [1.82, 2.24) is 5.16 Å². The number of carbonyl (C=O) groups excluding carboxylic acids is 1. The highest BCUT2D eigenvalue weighted by Crippen LogP contribution is 2.30. The van der Waals surface area contributed by atoms with Gasteiger partial charge in [-0.25, -0.2) is 4.79 Å². The Morgan fingerprint density at radius 1 is 1.09 bits per heavy atom. The number of anilines is 1. The van der Waals surface area contributed by atoms with Crippen molar-refractivity contribution in [1.29, 1.82) is 0 Å². The second kappa shape index (κ2) is 8.64. The number of non-ortho nitro benzene ring substituents is 1. The topological polar surface area (TPSA) is 136 Å². The number of aryl methyl sites for hydroxylation is 1. The summed E-state index contributed by atoms with van der Waals surface area (Å²) in [5.74, 6) is -0.729. The molecule has 4 aromatic rings. The summed E-state index contributed by atoms with van der Waals surface area (Å²) in [7, 11) is 0. The molecule has 1 aromatic heterocycles. The number of nitrogens with zero attached hydrogens (tertiary/aromatic N) is 2. The summed E-state index contributed by atoms with van der Waals surface area (Å²) in [5.41, 5.74) is -1.06. The van der Waals surface area contributed by atoms with E-state index in [1.54, 1.807) is 37.3 Å². The van der Waals surface area contributed by atoms with Crippen LogP contribution >= 0.6 is 0 Å². The van der Waals surface area contributed by atoms with E-state index in [0.29, 0.717) is 27.7 Å². The molecule has 0 aliphatic heterocycles. The van der Waals surface area contributed by atoms with Gasteiger partial charge < -0.3 is 14.9 Å². The second-order valence-electron chi connectivity index (χ2n) is 7.60. The predicted octanol–water partition coefficient (Wildman–Crippen LogP) is 3.47. The first-order valence-electron chi connectivity index (χ1n) is 10.0. The van der Waals surface area contributed by atoms with Crippen LogP contribution in [0.25, 0.3) is 10.8 Å². The fourth-order valence-corrected chi connectivity index (χ4v) is 3.61. The minimum atomic E-state index is -2.02. The van der Waals surface area contributed by atoms with Crippen molar-refractivity contribution in [3.8, 4) is 0 Å². The van der Waals surface area contributed by atoms with Crippen LogP contribution in [0.4, 0.5) is 11.4 Å². The average molecular weight is 445 g/mol. The third-order valence-electron chi connectivity index (χ3n) is 5.39. The van der Waals surface area contributed by atoms with Gasteiger partial charge in [-0.05, 0) is 48.4 Å². The normalized spacial score (nSPS) is 12.8. The number of carbonyl (C=O) groups is 1. The summed E-state index contributed by atoms with van der Waals surface area (Å²) in [4.78, 5) is 35.7. The predicted molar refractivity (Wildman–Crippen MR) is 121 cm³/mol. The standard InChI is InChI=1S/C24H19N3O6/c1-15-21-13-18(9-12-20(21)22(28)33-26-15)25-23(29)24(30,14-16-5-3-2-4-6-16)17-7-10-19(11-8-17)27(31)32/h2-13,30H,14H2,1H3,(H,25,29). The van der Waals surface area contributed by atoms with Crippen LogP contribution in [-0.4, -0.2) is 21.1 Å². The molecule has 0 aliphatic rings. The molecule has 1 atom stereocenters. The highest BCUT2D eigenvalue weighted by molar-refractivity contribution is 6.00. The molecule has 166 valence electrons. The van der Waals surface area contributed by atoms with Gasteiger partial charge in [0.05, 0.1) is 16.0 Å². The Kier molecular flexibility index (Phi) is 5.72. The lowest BCUT2D eigenvalue weighted by molar-refractivity contribution is -0.384. The molecule has 9 nitrogen and oxygen atoms in total. The largest absolute Gasteiger partial charge is 0.375 e. The maximum atomic E-state index is 13.4. The Hall–Kier alpha value is -4.37. The van der Waals surface area contributed by atoms with Gasteiger partial charge in [0.15, 0.2) is 5.60 Å². The van der Waals surface area contributed by atoms with Gasteiger partial charge in [0.1, 0.15) is 0 Å². The molecule has 1 heterocycles. The highest BCUT2D eigenvalue weighted by atomic mass is 16.6. The van der Waals surface area contributed by atoms with Gasteiger partial charge in [-0.3, -0.25) is 14.9 Å². The molecule has 2 N–H and O–H groups in total. The smallest absolute Gasteiger partial charge is 0.366 e. The number of aromatic nitrogens is 1. The zero-order valence-corrected chi connectivity index (χ0v) is 17.5. The Labute approximate surface area is 187 Å². The number of rotatable bonds is 6. The fourth-order valence-electron chi connectivity index (χ4n) is 3.61. The van der Waals surface area contributed by atoms with Gasteiger partial charge in [-0.15, -0.1) is 0 Å². The van der Waals surface area contributed by atoms with Crippen molar-refractivity contribution >= 4 is 28.1 Å². The number of nitrogens with one attached hydrogen (secondary N) is 1. The number of hydrogen-bond donors (Lipinski definition) is 2. The number of nitro groups is 1. The molecule has 33 heavy (non-hydrogen) atoms. The number of nitro benzene ring substituents is 1. The molecular formula is C24H19N3O6. The van der Waals surface area contributed by atoms with Gasteiger partial charge in [-0.2, -0.15) is 0 Å². The molecule has 0 saturated carbocycles. The number of hydrogen-bond acceptors (Lipinski definition) is 7. The zero-order chi connectivity index (χ0) is 23.6. The first kappa shape index (κ1) is 21.8. The van der Waals surface area contributed by atoms with E-state index in [1.165, 1.54) is 36.4 Å². The molecule has 0 saturated heterocycles. The molecule has 0 fully saturated rings. The maximum Gasteiger partial charge on any atom is 0.366 e. The molecule has 3 aromatic carbocycles. The lowest BCUT2D eigenvalue weighted by Gasteiger charge is -2.28. The van der Waals surface area contributed by atoms with Gasteiger partial charge in [-0.1, -0.05) is 35.5 Å². The van der Waals surface area contributed by atoms with Crippen molar-refractivity contribution in [2.24, 2.45) is 0 Å². The number of benzene rings is 3. The summed E-state index contributed by atoms with van der Waals surface area (Å²) >= 11 is 0. The second-order valence-corrected chi connectivity index (χ2v) is 7.60. The summed E-state index contributed by atoms with van der Waals surface area (Å²) in [5, 5.41) is 29.8. The quantitative estimate of drug-likeness (QED) is 0.343. The SMILES string of the molecule is Cc1noc(=O)c2ccc(NC(=O)C(O)(Cc3ccccc3)c3ccc([N+](=O)[O-])cc3)cc12. The first-order chi connectivity index (χ1) is 15.8. The summed E-state index contributed by atoms with van der Waals surface area (Å²) in [6.45, 7) is 1.67. The van der Waals surface area contributed by atoms with Crippen LogP contribution in [0.1, 0.15) is 16.8 Å². The fraction of sp³-hybridized carbons (Fsp3) is 0.125. The molecule has 0 radical (unpaired) electrons. The van der Waals surface area contributed by atoms with Crippen LogP contribution in [0.5, 0.6) is 0 Å². The Balaban J connectivity index is 1.72. The molecule has 1 unspecified atom stereocenters. The molecule has 9 heteroatoms. The van der Waals surface area contributed by atoms with Crippen LogP contribution in [0, 0.1) is 17.0 Å². The minimum Gasteiger partial charge on any atom is -0.375 e. The van der Waals surface area contributed by atoms with E-state index in [1.807, 2.05) is 6.07 Å². The zero-order valence-electron chi connectivity index (χ0n) is 17.5. The summed E-state index contributed by atoms with van der Waals surface area (Å²) < 4.78 is 4.72. The minimum absolute atomic E-state index is 0.0603. The van der Waals surface area contributed by atoms with Crippen LogP contribution in [0.15, 0.2) is 82.1 Å². The highest BCUT2D eigenvalue weighted by Gasteiger charge is 2.38. The average Bonchev–Trinajstić information content (AvgIpc) is 2.82. The number of fused-ring (bicyclic) bond motifs is 1. The van der Waals surface area contributed by atoms with Gasteiger partial charge >= 0.3 is 5.63 Å². The van der Waals surface area contributed by atoms with Crippen LogP contribution in [0.2, 0.25) is 0 Å². The number of amides is 1. The molecule has 0 bridgehead atoms. The van der Waals surface area contributed by atoms with Gasteiger partial charge in [0.2, 0.25) is 0 Å². The van der Waals surface area contributed by atoms with E-state index in [9.17, 15) is 24.8 Å². The van der Waals surface area contributed by atoms with E-state index < -0.39 is 22.1 Å². The van der Waals surface area contributed by atoms with Gasteiger partial charge in [0, 0.05) is 29.6 Å². The lowest BCUT2D eigenvalue weighted by Crippen LogP contribution is -2.42. The molecule has 1 amide bonds. The monoisotopic (exact) mass is 445 g/mol. The Bertz CT molecular complexity index is 1400.